The fourth-order valence-corrected chi connectivity index (χ4v) is 3.91. The van der Waals surface area contributed by atoms with E-state index in [-0.39, 0.29) is 11.7 Å². The largest absolute Gasteiger partial charge is 0.326 e. The highest BCUT2D eigenvalue weighted by Crippen LogP contribution is 2.29. The van der Waals surface area contributed by atoms with E-state index in [1.165, 1.54) is 12.1 Å². The third-order valence-corrected chi connectivity index (χ3v) is 5.62. The first-order valence-electron chi connectivity index (χ1n) is 10.00. The molecule has 4 aromatic rings. The van der Waals surface area contributed by atoms with Crippen molar-refractivity contribution in [2.45, 2.75) is 33.6 Å². The molecule has 1 amide bonds. The lowest BCUT2D eigenvalue weighted by Gasteiger charge is -2.12. The number of carbonyl (C=O) groups is 1. The van der Waals surface area contributed by atoms with Gasteiger partial charge in [0.25, 0.3) is 0 Å². The molecule has 0 atom stereocenters. The van der Waals surface area contributed by atoms with Crippen LogP contribution in [0.4, 0.5) is 10.1 Å². The maximum Gasteiger partial charge on any atom is 0.224 e. The second kappa shape index (κ2) is 8.47. The van der Waals surface area contributed by atoms with Crippen LogP contribution in [0.2, 0.25) is 5.02 Å². The van der Waals surface area contributed by atoms with Gasteiger partial charge in [0.15, 0.2) is 5.65 Å². The highest BCUT2D eigenvalue weighted by molar-refractivity contribution is 6.30. The Labute approximate surface area is 184 Å². The quantitative estimate of drug-likeness (QED) is 0.437. The third kappa shape index (κ3) is 4.30. The number of aromatic nitrogens is 3. The van der Waals surface area contributed by atoms with Gasteiger partial charge in [0.05, 0.1) is 5.69 Å². The van der Waals surface area contributed by atoms with Gasteiger partial charge in [0.2, 0.25) is 5.91 Å². The van der Waals surface area contributed by atoms with Crippen molar-refractivity contribution >= 4 is 28.8 Å². The van der Waals surface area contributed by atoms with Crippen LogP contribution in [0.5, 0.6) is 0 Å². The molecule has 0 bridgehead atoms. The first kappa shape index (κ1) is 21.0. The van der Waals surface area contributed by atoms with Gasteiger partial charge < -0.3 is 5.32 Å². The van der Waals surface area contributed by atoms with Crippen LogP contribution in [0.3, 0.4) is 0 Å². The zero-order chi connectivity index (χ0) is 22.1. The Morgan fingerprint density at radius 2 is 1.71 bits per heavy atom. The van der Waals surface area contributed by atoms with Crippen molar-refractivity contribution in [3.63, 3.8) is 0 Å². The van der Waals surface area contributed by atoms with E-state index in [4.69, 9.17) is 16.6 Å². The molecule has 0 radical (unpaired) electrons. The fourth-order valence-electron chi connectivity index (χ4n) is 3.78. The second-order valence-corrected chi connectivity index (χ2v) is 7.96. The topological polar surface area (TPSA) is 59.3 Å². The summed E-state index contributed by atoms with van der Waals surface area (Å²) in [4.78, 5) is 17.2. The maximum absolute atomic E-state index is 13.4. The summed E-state index contributed by atoms with van der Waals surface area (Å²) in [7, 11) is 0. The summed E-state index contributed by atoms with van der Waals surface area (Å²) < 4.78 is 15.2. The number of hydrogen-bond donors (Lipinski definition) is 1. The monoisotopic (exact) mass is 436 g/mol. The minimum absolute atomic E-state index is 0.0788. The van der Waals surface area contributed by atoms with Gasteiger partial charge in [0.1, 0.15) is 5.82 Å². The number of rotatable bonds is 5. The van der Waals surface area contributed by atoms with Crippen LogP contribution < -0.4 is 5.32 Å². The number of nitrogens with zero attached hydrogens (tertiary/aromatic N) is 3. The number of amides is 1. The van der Waals surface area contributed by atoms with E-state index in [0.29, 0.717) is 23.6 Å². The molecule has 158 valence electrons. The highest BCUT2D eigenvalue weighted by Gasteiger charge is 2.18. The Balaban J connectivity index is 1.60. The van der Waals surface area contributed by atoms with E-state index in [2.05, 4.69) is 10.4 Å². The standard InChI is InChI=1S/C24H22ClFN4O/c1-14-21(12-13-22(31)28-20-10-6-18(25)7-11-20)16(3)30-24(27-14)23(15(2)29-30)17-4-8-19(26)9-5-17/h4-11H,12-13H2,1-3H3,(H,28,31). The summed E-state index contributed by atoms with van der Waals surface area (Å²) in [5, 5.41) is 8.17. The lowest BCUT2D eigenvalue weighted by atomic mass is 10.0. The van der Waals surface area contributed by atoms with Crippen LogP contribution in [-0.2, 0) is 11.2 Å². The molecule has 0 saturated heterocycles. The zero-order valence-electron chi connectivity index (χ0n) is 17.5. The van der Waals surface area contributed by atoms with Gasteiger partial charge in [-0.1, -0.05) is 23.7 Å². The normalized spacial score (nSPS) is 11.1. The zero-order valence-corrected chi connectivity index (χ0v) is 18.3. The van der Waals surface area contributed by atoms with E-state index in [1.807, 2.05) is 25.3 Å². The Bertz CT molecular complexity index is 1260. The smallest absolute Gasteiger partial charge is 0.224 e. The number of anilines is 1. The molecule has 0 fully saturated rings. The highest BCUT2D eigenvalue weighted by atomic mass is 35.5. The minimum atomic E-state index is -0.280. The van der Waals surface area contributed by atoms with Crippen molar-refractivity contribution in [3.8, 4) is 11.1 Å². The molecule has 5 nitrogen and oxygen atoms in total. The number of fused-ring (bicyclic) bond motifs is 1. The Hall–Kier alpha value is -3.25. The summed E-state index contributed by atoms with van der Waals surface area (Å²) in [5.74, 6) is -0.359. The summed E-state index contributed by atoms with van der Waals surface area (Å²) in [5.41, 5.74) is 6.81. The summed E-state index contributed by atoms with van der Waals surface area (Å²) in [6.45, 7) is 5.84. The maximum atomic E-state index is 13.4. The predicted octanol–water partition coefficient (Wildman–Crippen LogP) is 5.69. The van der Waals surface area contributed by atoms with Crippen LogP contribution in [0.25, 0.3) is 16.8 Å². The molecule has 0 aliphatic rings. The molecule has 0 unspecified atom stereocenters. The second-order valence-electron chi connectivity index (χ2n) is 7.52. The summed E-state index contributed by atoms with van der Waals surface area (Å²) >= 11 is 5.89. The average molecular weight is 437 g/mol. The molecule has 2 aromatic carbocycles. The first-order chi connectivity index (χ1) is 14.8. The van der Waals surface area contributed by atoms with Crippen molar-refractivity contribution in [2.75, 3.05) is 5.32 Å². The van der Waals surface area contributed by atoms with Crippen molar-refractivity contribution in [1.82, 2.24) is 14.6 Å². The molecule has 0 aliphatic heterocycles. The molecule has 0 spiro atoms. The van der Waals surface area contributed by atoms with Crippen molar-refractivity contribution in [3.05, 3.63) is 82.0 Å². The van der Waals surface area contributed by atoms with Gasteiger partial charge in [-0.25, -0.2) is 13.9 Å². The van der Waals surface area contributed by atoms with Crippen molar-refractivity contribution in [2.24, 2.45) is 0 Å². The number of nitrogens with one attached hydrogen (secondary N) is 1. The van der Waals surface area contributed by atoms with Crippen LogP contribution in [0.1, 0.15) is 29.1 Å². The van der Waals surface area contributed by atoms with Crippen molar-refractivity contribution < 1.29 is 9.18 Å². The lowest BCUT2D eigenvalue weighted by molar-refractivity contribution is -0.116. The molecular weight excluding hydrogens is 415 g/mol. The van der Waals surface area contributed by atoms with Gasteiger partial charge >= 0.3 is 0 Å². The number of benzene rings is 2. The molecular formula is C24H22ClFN4O. The number of aryl methyl sites for hydroxylation is 3. The van der Waals surface area contributed by atoms with Crippen LogP contribution in [-0.4, -0.2) is 20.5 Å². The van der Waals surface area contributed by atoms with Gasteiger partial charge in [-0.3, -0.25) is 4.79 Å². The van der Waals surface area contributed by atoms with Crippen LogP contribution in [0.15, 0.2) is 48.5 Å². The van der Waals surface area contributed by atoms with Gasteiger partial charge in [0, 0.05) is 34.1 Å². The van der Waals surface area contributed by atoms with E-state index in [9.17, 15) is 9.18 Å². The summed E-state index contributed by atoms with van der Waals surface area (Å²) in [6, 6.07) is 13.4. The number of halogens is 2. The van der Waals surface area contributed by atoms with E-state index < -0.39 is 0 Å². The SMILES string of the molecule is Cc1nc2c(-c3ccc(F)cc3)c(C)nn2c(C)c1CCC(=O)Nc1ccc(Cl)cc1. The lowest BCUT2D eigenvalue weighted by Crippen LogP contribution is -2.14. The molecule has 4 rings (SSSR count). The Kier molecular flexibility index (Phi) is 5.74. The summed E-state index contributed by atoms with van der Waals surface area (Å²) in [6.07, 6.45) is 0.868. The van der Waals surface area contributed by atoms with E-state index in [0.717, 1.165) is 39.4 Å². The molecule has 2 heterocycles. The van der Waals surface area contributed by atoms with Crippen LogP contribution in [0, 0.1) is 26.6 Å². The van der Waals surface area contributed by atoms with Gasteiger partial charge in [-0.05, 0) is 74.7 Å². The third-order valence-electron chi connectivity index (χ3n) is 5.36. The molecule has 1 N–H and O–H groups in total. The fraction of sp³-hybridized carbons (Fsp3) is 0.208. The Morgan fingerprint density at radius 3 is 2.39 bits per heavy atom. The van der Waals surface area contributed by atoms with Gasteiger partial charge in [-0.2, -0.15) is 5.10 Å². The van der Waals surface area contributed by atoms with Gasteiger partial charge in [-0.15, -0.1) is 0 Å². The van der Waals surface area contributed by atoms with E-state index in [1.54, 1.807) is 36.4 Å². The van der Waals surface area contributed by atoms with Crippen molar-refractivity contribution in [1.29, 1.82) is 0 Å². The van der Waals surface area contributed by atoms with E-state index >= 15 is 0 Å². The average Bonchev–Trinajstić information content (AvgIpc) is 3.06. The Morgan fingerprint density at radius 1 is 1.03 bits per heavy atom. The number of hydrogen-bond acceptors (Lipinski definition) is 3. The molecule has 7 heteroatoms. The molecule has 0 aliphatic carbocycles. The number of carbonyl (C=O) groups excluding carboxylic acids is 1. The van der Waals surface area contributed by atoms with Crippen LogP contribution >= 0.6 is 11.6 Å². The molecule has 31 heavy (non-hydrogen) atoms. The molecule has 2 aromatic heterocycles. The molecule has 0 saturated carbocycles. The minimum Gasteiger partial charge on any atom is -0.326 e. The first-order valence-corrected chi connectivity index (χ1v) is 10.4. The predicted molar refractivity (Wildman–Crippen MR) is 121 cm³/mol.